The van der Waals surface area contributed by atoms with Crippen molar-refractivity contribution < 1.29 is 9.50 Å². The molecule has 1 heterocycles. The number of halogens is 1. The molecule has 0 fully saturated rings. The van der Waals surface area contributed by atoms with Crippen molar-refractivity contribution in [3.05, 3.63) is 65.7 Å². The Balaban J connectivity index is 1.86. The number of rotatable bonds is 7. The number of pyridine rings is 1. The number of aromatic nitrogens is 1. The van der Waals surface area contributed by atoms with Gasteiger partial charge >= 0.3 is 0 Å². The molecule has 0 aliphatic carbocycles. The number of hydrogen-bond donors (Lipinski definition) is 1. The van der Waals surface area contributed by atoms with Crippen LogP contribution in [0.15, 0.2) is 48.7 Å². The van der Waals surface area contributed by atoms with Crippen LogP contribution in [0, 0.1) is 5.82 Å². The normalized spacial score (nSPS) is 12.6. The van der Waals surface area contributed by atoms with Gasteiger partial charge in [0, 0.05) is 13.1 Å². The van der Waals surface area contributed by atoms with Gasteiger partial charge in [0.25, 0.3) is 0 Å². The standard InChI is InChI=1S/C17H21FN2O/c1-2-20(13-14-6-4-3-5-7-14)11-10-17(21)16-9-8-15(18)12-19-16/h3-9,12,17,21H,2,10-11,13H2,1H3. The Hall–Kier alpha value is -1.78. The summed E-state index contributed by atoms with van der Waals surface area (Å²) in [6.45, 7) is 4.65. The van der Waals surface area contributed by atoms with Crippen molar-refractivity contribution in [2.24, 2.45) is 0 Å². The molecule has 0 aliphatic rings. The van der Waals surface area contributed by atoms with E-state index in [-0.39, 0.29) is 5.82 Å². The van der Waals surface area contributed by atoms with Gasteiger partial charge in [-0.1, -0.05) is 37.3 Å². The van der Waals surface area contributed by atoms with E-state index in [1.54, 1.807) is 0 Å². The van der Waals surface area contributed by atoms with E-state index >= 15 is 0 Å². The smallest absolute Gasteiger partial charge is 0.141 e. The van der Waals surface area contributed by atoms with E-state index in [1.165, 1.54) is 17.7 Å². The molecular formula is C17H21FN2O. The van der Waals surface area contributed by atoms with Crippen LogP contribution in [-0.2, 0) is 6.54 Å². The van der Waals surface area contributed by atoms with E-state index in [1.807, 2.05) is 18.2 Å². The zero-order valence-corrected chi connectivity index (χ0v) is 12.2. The van der Waals surface area contributed by atoms with Gasteiger partial charge in [-0.3, -0.25) is 9.88 Å². The zero-order valence-electron chi connectivity index (χ0n) is 12.2. The van der Waals surface area contributed by atoms with Crippen molar-refractivity contribution in [2.75, 3.05) is 13.1 Å². The fourth-order valence-corrected chi connectivity index (χ4v) is 2.23. The minimum Gasteiger partial charge on any atom is -0.387 e. The summed E-state index contributed by atoms with van der Waals surface area (Å²) in [4.78, 5) is 6.19. The maximum Gasteiger partial charge on any atom is 0.141 e. The van der Waals surface area contributed by atoms with Gasteiger partial charge in [0.1, 0.15) is 5.82 Å². The highest BCUT2D eigenvalue weighted by Gasteiger charge is 2.12. The van der Waals surface area contributed by atoms with Crippen LogP contribution in [0.2, 0.25) is 0 Å². The molecule has 0 saturated carbocycles. The second-order valence-corrected chi connectivity index (χ2v) is 5.06. The molecule has 0 saturated heterocycles. The van der Waals surface area contributed by atoms with Crippen LogP contribution < -0.4 is 0 Å². The number of aliphatic hydroxyl groups is 1. The van der Waals surface area contributed by atoms with Crippen molar-refractivity contribution >= 4 is 0 Å². The quantitative estimate of drug-likeness (QED) is 0.850. The molecule has 2 rings (SSSR count). The van der Waals surface area contributed by atoms with Gasteiger partial charge in [-0.15, -0.1) is 0 Å². The Labute approximate surface area is 125 Å². The first-order valence-corrected chi connectivity index (χ1v) is 7.25. The molecule has 0 radical (unpaired) electrons. The van der Waals surface area contributed by atoms with Crippen LogP contribution in [-0.4, -0.2) is 28.1 Å². The van der Waals surface area contributed by atoms with Crippen LogP contribution in [0.3, 0.4) is 0 Å². The number of benzene rings is 1. The molecule has 0 spiro atoms. The zero-order chi connectivity index (χ0) is 15.1. The molecule has 1 N–H and O–H groups in total. The van der Waals surface area contributed by atoms with Gasteiger partial charge < -0.3 is 5.11 Å². The first kappa shape index (κ1) is 15.6. The molecule has 0 amide bonds. The third-order valence-corrected chi connectivity index (χ3v) is 3.51. The molecule has 1 aromatic heterocycles. The summed E-state index contributed by atoms with van der Waals surface area (Å²) >= 11 is 0. The molecule has 0 bridgehead atoms. The van der Waals surface area contributed by atoms with Gasteiger partial charge in [-0.2, -0.15) is 0 Å². The number of hydrogen-bond acceptors (Lipinski definition) is 3. The summed E-state index contributed by atoms with van der Waals surface area (Å²) in [5.74, 6) is -0.384. The van der Waals surface area contributed by atoms with Crippen molar-refractivity contribution in [1.82, 2.24) is 9.88 Å². The topological polar surface area (TPSA) is 36.4 Å². The molecule has 1 atom stereocenters. The molecule has 2 aromatic rings. The Morgan fingerprint density at radius 3 is 2.57 bits per heavy atom. The molecule has 0 aliphatic heterocycles. The van der Waals surface area contributed by atoms with Crippen molar-refractivity contribution in [3.63, 3.8) is 0 Å². The van der Waals surface area contributed by atoms with Gasteiger partial charge in [-0.05, 0) is 30.7 Å². The van der Waals surface area contributed by atoms with E-state index < -0.39 is 6.10 Å². The second-order valence-electron chi connectivity index (χ2n) is 5.06. The minimum atomic E-state index is -0.657. The van der Waals surface area contributed by atoms with Gasteiger partial charge in [0.15, 0.2) is 0 Å². The van der Waals surface area contributed by atoms with Gasteiger partial charge in [0.05, 0.1) is 18.0 Å². The Bertz CT molecular complexity index is 530. The third kappa shape index (κ3) is 4.92. The fraction of sp³-hybridized carbons (Fsp3) is 0.353. The lowest BCUT2D eigenvalue weighted by Gasteiger charge is -2.22. The first-order chi connectivity index (χ1) is 10.2. The molecule has 21 heavy (non-hydrogen) atoms. The maximum atomic E-state index is 12.8. The van der Waals surface area contributed by atoms with Crippen LogP contribution >= 0.6 is 0 Å². The van der Waals surface area contributed by atoms with Crippen molar-refractivity contribution in [2.45, 2.75) is 26.0 Å². The lowest BCUT2D eigenvalue weighted by Crippen LogP contribution is -2.25. The molecule has 4 heteroatoms. The molecule has 1 unspecified atom stereocenters. The Kier molecular flexibility index (Phi) is 5.84. The Morgan fingerprint density at radius 2 is 1.95 bits per heavy atom. The predicted molar refractivity (Wildman–Crippen MR) is 81.2 cm³/mol. The van der Waals surface area contributed by atoms with Crippen LogP contribution in [0.1, 0.15) is 30.7 Å². The molecule has 1 aromatic carbocycles. The summed E-state index contributed by atoms with van der Waals surface area (Å²) in [5.41, 5.74) is 1.78. The highest BCUT2D eigenvalue weighted by atomic mass is 19.1. The lowest BCUT2D eigenvalue weighted by molar-refractivity contribution is 0.137. The summed E-state index contributed by atoms with van der Waals surface area (Å²) in [5, 5.41) is 10.1. The van der Waals surface area contributed by atoms with E-state index in [4.69, 9.17) is 0 Å². The highest BCUT2D eigenvalue weighted by molar-refractivity contribution is 5.14. The lowest BCUT2D eigenvalue weighted by atomic mass is 10.1. The number of aliphatic hydroxyl groups excluding tert-OH is 1. The minimum absolute atomic E-state index is 0.384. The SMILES string of the molecule is CCN(CCC(O)c1ccc(F)cn1)Cc1ccccc1. The van der Waals surface area contributed by atoms with Crippen LogP contribution in [0.25, 0.3) is 0 Å². The summed E-state index contributed by atoms with van der Waals surface area (Å²) < 4.78 is 12.8. The monoisotopic (exact) mass is 288 g/mol. The van der Waals surface area contributed by atoms with E-state index in [2.05, 4.69) is 28.9 Å². The Morgan fingerprint density at radius 1 is 1.19 bits per heavy atom. The van der Waals surface area contributed by atoms with Gasteiger partial charge in [-0.25, -0.2) is 4.39 Å². The van der Waals surface area contributed by atoms with Crippen molar-refractivity contribution in [3.8, 4) is 0 Å². The highest BCUT2D eigenvalue weighted by Crippen LogP contribution is 2.15. The van der Waals surface area contributed by atoms with Crippen LogP contribution in [0.5, 0.6) is 0 Å². The van der Waals surface area contributed by atoms with E-state index in [9.17, 15) is 9.50 Å². The van der Waals surface area contributed by atoms with Gasteiger partial charge in [0.2, 0.25) is 0 Å². The molecular weight excluding hydrogens is 267 g/mol. The average molecular weight is 288 g/mol. The van der Waals surface area contributed by atoms with E-state index in [0.29, 0.717) is 12.1 Å². The fourth-order valence-electron chi connectivity index (χ4n) is 2.23. The third-order valence-electron chi connectivity index (χ3n) is 3.51. The summed E-state index contributed by atoms with van der Waals surface area (Å²) in [7, 11) is 0. The van der Waals surface area contributed by atoms with E-state index in [0.717, 1.165) is 25.8 Å². The second kappa shape index (κ2) is 7.86. The predicted octanol–water partition coefficient (Wildman–Crippen LogP) is 3.17. The van der Waals surface area contributed by atoms with Crippen molar-refractivity contribution in [1.29, 1.82) is 0 Å². The number of nitrogens with zero attached hydrogens (tertiary/aromatic N) is 2. The first-order valence-electron chi connectivity index (χ1n) is 7.25. The summed E-state index contributed by atoms with van der Waals surface area (Å²) in [6.07, 6.45) is 1.06. The van der Waals surface area contributed by atoms with Crippen LogP contribution in [0.4, 0.5) is 4.39 Å². The average Bonchev–Trinajstić information content (AvgIpc) is 2.52. The molecule has 112 valence electrons. The largest absolute Gasteiger partial charge is 0.387 e. The molecule has 3 nitrogen and oxygen atoms in total. The maximum absolute atomic E-state index is 12.8. The summed E-state index contributed by atoms with van der Waals surface area (Å²) in [6, 6.07) is 13.1.